The van der Waals surface area contributed by atoms with E-state index in [1.807, 2.05) is 18.2 Å². The van der Waals surface area contributed by atoms with Gasteiger partial charge in [-0.15, -0.1) is 0 Å². The summed E-state index contributed by atoms with van der Waals surface area (Å²) in [4.78, 5) is 25.6. The number of carbonyl (C=O) groups excluding carboxylic acids is 2. The van der Waals surface area contributed by atoms with Crippen molar-refractivity contribution in [3.63, 3.8) is 0 Å². The Labute approximate surface area is 152 Å². The highest BCUT2D eigenvalue weighted by Crippen LogP contribution is 2.22. The highest BCUT2D eigenvalue weighted by molar-refractivity contribution is 5.96. The van der Waals surface area contributed by atoms with Gasteiger partial charge in [0.05, 0.1) is 6.04 Å². The van der Waals surface area contributed by atoms with E-state index in [1.165, 1.54) is 22.6 Å². The van der Waals surface area contributed by atoms with Crippen LogP contribution in [0.25, 0.3) is 0 Å². The van der Waals surface area contributed by atoms with Crippen LogP contribution in [0.15, 0.2) is 54.6 Å². The van der Waals surface area contributed by atoms with Gasteiger partial charge in [0.1, 0.15) is 5.82 Å². The van der Waals surface area contributed by atoms with Crippen LogP contribution in [0.2, 0.25) is 0 Å². The molecule has 2 aromatic rings. The van der Waals surface area contributed by atoms with Gasteiger partial charge >= 0.3 is 6.03 Å². The zero-order valence-electron chi connectivity index (χ0n) is 14.5. The van der Waals surface area contributed by atoms with Crippen molar-refractivity contribution in [3.8, 4) is 0 Å². The average molecular weight is 355 g/mol. The second kappa shape index (κ2) is 8.47. The SMILES string of the molecule is O=C(NCCCc1ccccc1)N[C@H]1CC(=O)N(c2cccc(F)c2)C1. The molecule has 1 heterocycles. The molecule has 1 aliphatic heterocycles. The van der Waals surface area contributed by atoms with Gasteiger partial charge in [-0.2, -0.15) is 0 Å². The number of hydrogen-bond acceptors (Lipinski definition) is 2. The lowest BCUT2D eigenvalue weighted by Crippen LogP contribution is -2.43. The van der Waals surface area contributed by atoms with Crippen LogP contribution in [0.5, 0.6) is 0 Å². The third kappa shape index (κ3) is 4.81. The number of amides is 3. The van der Waals surface area contributed by atoms with Crippen LogP contribution in [0.4, 0.5) is 14.9 Å². The van der Waals surface area contributed by atoms with E-state index in [2.05, 4.69) is 22.8 Å². The zero-order chi connectivity index (χ0) is 18.4. The first kappa shape index (κ1) is 17.9. The van der Waals surface area contributed by atoms with E-state index in [-0.39, 0.29) is 30.2 Å². The molecule has 1 fully saturated rings. The molecule has 0 unspecified atom stereocenters. The van der Waals surface area contributed by atoms with E-state index in [0.29, 0.717) is 18.8 Å². The van der Waals surface area contributed by atoms with Crippen LogP contribution in [-0.4, -0.2) is 31.1 Å². The molecule has 26 heavy (non-hydrogen) atoms. The smallest absolute Gasteiger partial charge is 0.315 e. The molecule has 2 aromatic carbocycles. The Bertz CT molecular complexity index is 767. The molecule has 136 valence electrons. The van der Waals surface area contributed by atoms with Gasteiger partial charge < -0.3 is 15.5 Å². The zero-order valence-corrected chi connectivity index (χ0v) is 14.5. The minimum Gasteiger partial charge on any atom is -0.338 e. The molecule has 0 spiro atoms. The molecule has 5 nitrogen and oxygen atoms in total. The first-order valence-corrected chi connectivity index (χ1v) is 8.76. The highest BCUT2D eigenvalue weighted by atomic mass is 19.1. The van der Waals surface area contributed by atoms with Gasteiger partial charge in [-0.1, -0.05) is 36.4 Å². The molecule has 0 saturated carbocycles. The summed E-state index contributed by atoms with van der Waals surface area (Å²) < 4.78 is 13.3. The Kier molecular flexibility index (Phi) is 5.84. The largest absolute Gasteiger partial charge is 0.338 e. The Morgan fingerprint density at radius 2 is 1.96 bits per heavy atom. The van der Waals surface area contributed by atoms with E-state index in [9.17, 15) is 14.0 Å². The number of anilines is 1. The van der Waals surface area contributed by atoms with E-state index in [4.69, 9.17) is 0 Å². The highest BCUT2D eigenvalue weighted by Gasteiger charge is 2.31. The lowest BCUT2D eigenvalue weighted by Gasteiger charge is -2.17. The number of aryl methyl sites for hydroxylation is 1. The number of nitrogens with one attached hydrogen (secondary N) is 2. The molecular weight excluding hydrogens is 333 g/mol. The molecule has 1 saturated heterocycles. The summed E-state index contributed by atoms with van der Waals surface area (Å²) in [6, 6.07) is 15.4. The Hall–Kier alpha value is -2.89. The number of rotatable bonds is 6. The summed E-state index contributed by atoms with van der Waals surface area (Å²) in [5, 5.41) is 5.63. The predicted molar refractivity (Wildman–Crippen MR) is 98.5 cm³/mol. The van der Waals surface area contributed by atoms with Gasteiger partial charge in [-0.05, 0) is 36.6 Å². The van der Waals surface area contributed by atoms with E-state index in [0.717, 1.165) is 12.8 Å². The molecule has 3 rings (SSSR count). The number of nitrogens with zero attached hydrogens (tertiary/aromatic N) is 1. The third-order valence-electron chi connectivity index (χ3n) is 4.35. The molecule has 1 atom stereocenters. The first-order valence-electron chi connectivity index (χ1n) is 8.76. The third-order valence-corrected chi connectivity index (χ3v) is 4.35. The minimum absolute atomic E-state index is 0.120. The Balaban J connectivity index is 1.41. The number of hydrogen-bond donors (Lipinski definition) is 2. The van der Waals surface area contributed by atoms with Gasteiger partial charge in [0.25, 0.3) is 0 Å². The summed E-state index contributed by atoms with van der Waals surface area (Å²) in [6.07, 6.45) is 1.96. The number of carbonyl (C=O) groups is 2. The Morgan fingerprint density at radius 1 is 1.15 bits per heavy atom. The van der Waals surface area contributed by atoms with Crippen LogP contribution in [-0.2, 0) is 11.2 Å². The molecule has 0 aliphatic carbocycles. The van der Waals surface area contributed by atoms with Crippen molar-refractivity contribution in [2.75, 3.05) is 18.0 Å². The monoisotopic (exact) mass is 355 g/mol. The fourth-order valence-corrected chi connectivity index (χ4v) is 3.07. The fraction of sp³-hybridized carbons (Fsp3) is 0.300. The fourth-order valence-electron chi connectivity index (χ4n) is 3.07. The maximum absolute atomic E-state index is 13.3. The van der Waals surface area contributed by atoms with Crippen molar-refractivity contribution in [3.05, 3.63) is 66.0 Å². The maximum Gasteiger partial charge on any atom is 0.315 e. The van der Waals surface area contributed by atoms with E-state index < -0.39 is 0 Å². The average Bonchev–Trinajstić information content (AvgIpc) is 3.00. The molecular formula is C20H22FN3O2. The van der Waals surface area contributed by atoms with Gasteiger partial charge in [0, 0.05) is 25.2 Å². The predicted octanol–water partition coefficient (Wildman–Crippen LogP) is 2.86. The molecule has 1 aliphatic rings. The standard InChI is InChI=1S/C20H22FN3O2/c21-16-9-4-10-18(12-16)24-14-17(13-19(24)25)23-20(26)22-11-5-8-15-6-2-1-3-7-15/h1-4,6-7,9-10,12,17H,5,8,11,13-14H2,(H2,22,23,26)/t17-/m0/s1. The van der Waals surface area contributed by atoms with Gasteiger partial charge in [0.2, 0.25) is 5.91 Å². The van der Waals surface area contributed by atoms with Gasteiger partial charge in [0.15, 0.2) is 0 Å². The molecule has 3 amide bonds. The summed E-state index contributed by atoms with van der Waals surface area (Å²) in [6.45, 7) is 0.911. The van der Waals surface area contributed by atoms with Crippen LogP contribution < -0.4 is 15.5 Å². The van der Waals surface area contributed by atoms with Gasteiger partial charge in [-0.25, -0.2) is 9.18 Å². The van der Waals surface area contributed by atoms with Crippen LogP contribution in [0.3, 0.4) is 0 Å². The molecule has 0 aromatic heterocycles. The van der Waals surface area contributed by atoms with Crippen LogP contribution in [0, 0.1) is 5.82 Å². The van der Waals surface area contributed by atoms with Crippen molar-refractivity contribution in [1.82, 2.24) is 10.6 Å². The maximum atomic E-state index is 13.3. The summed E-state index contributed by atoms with van der Waals surface area (Å²) >= 11 is 0. The lowest BCUT2D eigenvalue weighted by atomic mass is 10.1. The van der Waals surface area contributed by atoms with Crippen molar-refractivity contribution in [2.45, 2.75) is 25.3 Å². The lowest BCUT2D eigenvalue weighted by molar-refractivity contribution is -0.117. The second-order valence-corrected chi connectivity index (χ2v) is 6.37. The normalized spacial score (nSPS) is 16.6. The van der Waals surface area contributed by atoms with E-state index >= 15 is 0 Å². The van der Waals surface area contributed by atoms with Crippen LogP contribution >= 0.6 is 0 Å². The topological polar surface area (TPSA) is 61.4 Å². The van der Waals surface area contributed by atoms with E-state index in [1.54, 1.807) is 12.1 Å². The molecule has 2 N–H and O–H groups in total. The Morgan fingerprint density at radius 3 is 2.73 bits per heavy atom. The minimum atomic E-state index is -0.386. The van der Waals surface area contributed by atoms with Crippen molar-refractivity contribution >= 4 is 17.6 Å². The first-order chi connectivity index (χ1) is 12.6. The number of urea groups is 1. The quantitative estimate of drug-likeness (QED) is 0.783. The second-order valence-electron chi connectivity index (χ2n) is 6.37. The van der Waals surface area contributed by atoms with Crippen molar-refractivity contribution in [1.29, 1.82) is 0 Å². The van der Waals surface area contributed by atoms with Gasteiger partial charge in [-0.3, -0.25) is 4.79 Å². The summed E-state index contributed by atoms with van der Waals surface area (Å²) in [7, 11) is 0. The number of benzene rings is 2. The summed E-state index contributed by atoms with van der Waals surface area (Å²) in [5.74, 6) is -0.507. The molecule has 0 bridgehead atoms. The molecule has 6 heteroatoms. The van der Waals surface area contributed by atoms with Crippen LogP contribution in [0.1, 0.15) is 18.4 Å². The number of halogens is 1. The summed E-state index contributed by atoms with van der Waals surface area (Å²) in [5.41, 5.74) is 1.75. The van der Waals surface area contributed by atoms with Crippen molar-refractivity contribution < 1.29 is 14.0 Å². The van der Waals surface area contributed by atoms with Crippen molar-refractivity contribution in [2.24, 2.45) is 0 Å². The molecule has 0 radical (unpaired) electrons.